The Hall–Kier alpha value is -1.92. The van der Waals surface area contributed by atoms with Crippen molar-refractivity contribution in [1.82, 2.24) is 9.80 Å². The van der Waals surface area contributed by atoms with Crippen molar-refractivity contribution >= 4 is 11.9 Å². The van der Waals surface area contributed by atoms with Gasteiger partial charge in [0.25, 0.3) is 0 Å². The number of hydrogen-bond donors (Lipinski definition) is 2. The summed E-state index contributed by atoms with van der Waals surface area (Å²) in [5.41, 5.74) is -0.347. The Morgan fingerprint density at radius 3 is 2.41 bits per heavy atom. The number of carboxylic acid groups (broad SMARTS) is 1. The van der Waals surface area contributed by atoms with E-state index in [1.54, 1.807) is 4.90 Å². The van der Waals surface area contributed by atoms with E-state index in [4.69, 9.17) is 0 Å². The standard InChI is InChI=1S/C21H30N2O4/c1-16-7-10-22(11-8-16)15-19(25)23-12-9-21(20(26)27,18(24)14-23)13-17-5-3-2-4-6-17/h2-6,16,18,24H,7-15H2,1H3,(H,26,27)/t18?,21-/m1/s1. The zero-order valence-electron chi connectivity index (χ0n) is 16.0. The second-order valence-corrected chi connectivity index (χ2v) is 8.19. The molecular weight excluding hydrogens is 344 g/mol. The summed E-state index contributed by atoms with van der Waals surface area (Å²) in [6.45, 7) is 4.91. The van der Waals surface area contributed by atoms with Crippen LogP contribution in [-0.2, 0) is 16.0 Å². The number of carboxylic acids is 1. The van der Waals surface area contributed by atoms with Crippen LogP contribution in [0, 0.1) is 11.3 Å². The van der Waals surface area contributed by atoms with Gasteiger partial charge in [-0.05, 0) is 50.3 Å². The van der Waals surface area contributed by atoms with Crippen LogP contribution in [0.25, 0.3) is 0 Å². The Labute approximate surface area is 160 Å². The number of piperidine rings is 2. The molecule has 0 spiro atoms. The average molecular weight is 374 g/mol. The zero-order chi connectivity index (χ0) is 19.4. The number of β-amino-alcohol motifs (C(OH)–C–C–N with tert-alkyl or cyclic N) is 1. The summed E-state index contributed by atoms with van der Waals surface area (Å²) in [7, 11) is 0. The van der Waals surface area contributed by atoms with Gasteiger partial charge in [-0.2, -0.15) is 0 Å². The lowest BCUT2D eigenvalue weighted by Gasteiger charge is -2.43. The summed E-state index contributed by atoms with van der Waals surface area (Å²) >= 11 is 0. The molecule has 0 aromatic heterocycles. The Morgan fingerprint density at radius 1 is 1.15 bits per heavy atom. The van der Waals surface area contributed by atoms with Crippen molar-refractivity contribution in [3.8, 4) is 0 Å². The van der Waals surface area contributed by atoms with Crippen LogP contribution < -0.4 is 0 Å². The Morgan fingerprint density at radius 2 is 1.81 bits per heavy atom. The van der Waals surface area contributed by atoms with Gasteiger partial charge in [0.15, 0.2) is 0 Å². The molecule has 6 heteroatoms. The van der Waals surface area contributed by atoms with Crippen molar-refractivity contribution in [2.45, 2.75) is 38.7 Å². The monoisotopic (exact) mass is 374 g/mol. The fraction of sp³-hybridized carbons (Fsp3) is 0.619. The highest BCUT2D eigenvalue weighted by molar-refractivity contribution is 5.80. The van der Waals surface area contributed by atoms with Gasteiger partial charge in [-0.25, -0.2) is 0 Å². The van der Waals surface area contributed by atoms with Crippen molar-refractivity contribution in [2.75, 3.05) is 32.7 Å². The zero-order valence-corrected chi connectivity index (χ0v) is 16.0. The van der Waals surface area contributed by atoms with Crippen LogP contribution in [0.1, 0.15) is 31.7 Å². The Bertz CT molecular complexity index is 657. The number of aliphatic hydroxyl groups excluding tert-OH is 1. The van der Waals surface area contributed by atoms with E-state index in [0.29, 0.717) is 19.0 Å². The van der Waals surface area contributed by atoms with Crippen molar-refractivity contribution < 1.29 is 19.8 Å². The SMILES string of the molecule is CC1CCN(CC(=O)N2CC[C@](Cc3ccccc3)(C(=O)O)C(O)C2)CC1. The first-order valence-electron chi connectivity index (χ1n) is 9.86. The fourth-order valence-electron chi connectivity index (χ4n) is 4.21. The fourth-order valence-corrected chi connectivity index (χ4v) is 4.21. The molecule has 2 aliphatic rings. The molecule has 27 heavy (non-hydrogen) atoms. The van der Waals surface area contributed by atoms with E-state index in [0.717, 1.165) is 31.5 Å². The highest BCUT2D eigenvalue weighted by Gasteiger charge is 2.49. The third-order valence-corrected chi connectivity index (χ3v) is 6.24. The lowest BCUT2D eigenvalue weighted by molar-refractivity contribution is -0.166. The molecule has 0 radical (unpaired) electrons. The summed E-state index contributed by atoms with van der Waals surface area (Å²) in [5, 5.41) is 20.6. The molecule has 2 atom stereocenters. The molecule has 3 rings (SSSR count). The lowest BCUT2D eigenvalue weighted by atomic mass is 9.71. The van der Waals surface area contributed by atoms with Gasteiger partial charge in [-0.15, -0.1) is 0 Å². The number of likely N-dealkylation sites (tertiary alicyclic amines) is 2. The van der Waals surface area contributed by atoms with Crippen molar-refractivity contribution in [1.29, 1.82) is 0 Å². The molecule has 0 bridgehead atoms. The maximum Gasteiger partial charge on any atom is 0.312 e. The first-order valence-corrected chi connectivity index (χ1v) is 9.86. The molecule has 2 heterocycles. The molecule has 1 aromatic rings. The Kier molecular flexibility index (Phi) is 6.17. The predicted octanol–water partition coefficient (Wildman–Crippen LogP) is 1.63. The third kappa shape index (κ3) is 4.50. The highest BCUT2D eigenvalue weighted by Crippen LogP contribution is 2.36. The van der Waals surface area contributed by atoms with Crippen molar-refractivity contribution in [2.24, 2.45) is 11.3 Å². The lowest BCUT2D eigenvalue weighted by Crippen LogP contribution is -2.58. The molecule has 148 valence electrons. The number of benzene rings is 1. The number of rotatable bonds is 5. The average Bonchev–Trinajstić information content (AvgIpc) is 2.66. The van der Waals surface area contributed by atoms with E-state index >= 15 is 0 Å². The van der Waals surface area contributed by atoms with Crippen LogP contribution in [0.15, 0.2) is 30.3 Å². The molecule has 2 fully saturated rings. The topological polar surface area (TPSA) is 81.1 Å². The van der Waals surface area contributed by atoms with Gasteiger partial charge >= 0.3 is 5.97 Å². The summed E-state index contributed by atoms with van der Waals surface area (Å²) in [6, 6.07) is 9.39. The van der Waals surface area contributed by atoms with Crippen LogP contribution in [-0.4, -0.2) is 70.7 Å². The minimum absolute atomic E-state index is 0.0118. The number of carbonyl (C=O) groups excluding carboxylic acids is 1. The summed E-state index contributed by atoms with van der Waals surface area (Å²) in [5.74, 6) is -0.291. The maximum atomic E-state index is 12.7. The van der Waals surface area contributed by atoms with E-state index in [-0.39, 0.29) is 25.3 Å². The second-order valence-electron chi connectivity index (χ2n) is 8.19. The summed E-state index contributed by atoms with van der Waals surface area (Å²) < 4.78 is 0. The number of amides is 1. The summed E-state index contributed by atoms with van der Waals surface area (Å²) in [4.78, 5) is 28.5. The van der Waals surface area contributed by atoms with Crippen LogP contribution >= 0.6 is 0 Å². The van der Waals surface area contributed by atoms with Gasteiger partial charge < -0.3 is 15.1 Å². The first kappa shape index (κ1) is 19.8. The van der Waals surface area contributed by atoms with Gasteiger partial charge in [0.05, 0.1) is 12.6 Å². The number of aliphatic hydroxyl groups is 1. The number of carbonyl (C=O) groups is 2. The number of aliphatic carboxylic acids is 1. The molecule has 1 unspecified atom stereocenters. The Balaban J connectivity index is 1.62. The van der Waals surface area contributed by atoms with E-state index in [9.17, 15) is 19.8 Å². The van der Waals surface area contributed by atoms with Gasteiger partial charge in [-0.1, -0.05) is 37.3 Å². The van der Waals surface area contributed by atoms with E-state index < -0.39 is 17.5 Å². The molecular formula is C21H30N2O4. The van der Waals surface area contributed by atoms with E-state index in [1.807, 2.05) is 30.3 Å². The van der Waals surface area contributed by atoms with Crippen LogP contribution in [0.5, 0.6) is 0 Å². The molecule has 2 saturated heterocycles. The van der Waals surface area contributed by atoms with Gasteiger partial charge in [0, 0.05) is 13.1 Å². The van der Waals surface area contributed by atoms with Crippen LogP contribution in [0.2, 0.25) is 0 Å². The number of hydrogen-bond acceptors (Lipinski definition) is 4. The van der Waals surface area contributed by atoms with Crippen molar-refractivity contribution in [3.63, 3.8) is 0 Å². The predicted molar refractivity (Wildman–Crippen MR) is 102 cm³/mol. The molecule has 0 saturated carbocycles. The molecule has 6 nitrogen and oxygen atoms in total. The highest BCUT2D eigenvalue weighted by atomic mass is 16.4. The maximum absolute atomic E-state index is 12.7. The minimum atomic E-state index is -1.24. The second kappa shape index (κ2) is 8.40. The summed E-state index contributed by atoms with van der Waals surface area (Å²) in [6.07, 6.45) is 1.68. The third-order valence-electron chi connectivity index (χ3n) is 6.24. The van der Waals surface area contributed by atoms with Crippen LogP contribution in [0.3, 0.4) is 0 Å². The van der Waals surface area contributed by atoms with Crippen LogP contribution in [0.4, 0.5) is 0 Å². The molecule has 1 amide bonds. The first-order chi connectivity index (χ1) is 12.9. The van der Waals surface area contributed by atoms with E-state index in [2.05, 4.69) is 11.8 Å². The molecule has 0 aliphatic carbocycles. The minimum Gasteiger partial charge on any atom is -0.481 e. The molecule has 2 N–H and O–H groups in total. The van der Waals surface area contributed by atoms with Gasteiger partial charge in [0.2, 0.25) is 5.91 Å². The smallest absolute Gasteiger partial charge is 0.312 e. The van der Waals surface area contributed by atoms with E-state index in [1.165, 1.54) is 0 Å². The quantitative estimate of drug-likeness (QED) is 0.819. The number of nitrogens with zero attached hydrogens (tertiary/aromatic N) is 2. The van der Waals surface area contributed by atoms with Gasteiger partial charge in [0.1, 0.15) is 5.41 Å². The normalized spacial score (nSPS) is 27.5. The molecule has 1 aromatic carbocycles. The van der Waals surface area contributed by atoms with Crippen molar-refractivity contribution in [3.05, 3.63) is 35.9 Å². The largest absolute Gasteiger partial charge is 0.481 e. The molecule has 2 aliphatic heterocycles. The van der Waals surface area contributed by atoms with Gasteiger partial charge in [-0.3, -0.25) is 14.5 Å².